The highest BCUT2D eigenvalue weighted by Crippen LogP contribution is 2.32. The molecule has 4 rings (SSSR count). The minimum atomic E-state index is -0.527. The Morgan fingerprint density at radius 1 is 1.00 bits per heavy atom. The Hall–Kier alpha value is -3.67. The summed E-state index contributed by atoms with van der Waals surface area (Å²) in [6, 6.07) is 20.3. The number of carbonyl (C=O) groups is 3. The van der Waals surface area contributed by atoms with Crippen LogP contribution in [-0.2, 0) is 14.3 Å². The van der Waals surface area contributed by atoms with E-state index in [2.05, 4.69) is 5.32 Å². The van der Waals surface area contributed by atoms with E-state index >= 15 is 0 Å². The molecule has 146 valence electrons. The first kappa shape index (κ1) is 18.7. The number of nitrogens with one attached hydrogen (secondary N) is 1. The van der Waals surface area contributed by atoms with Crippen molar-refractivity contribution in [1.29, 1.82) is 0 Å². The zero-order chi connectivity index (χ0) is 20.4. The van der Waals surface area contributed by atoms with Crippen LogP contribution >= 0.6 is 0 Å². The third-order valence-corrected chi connectivity index (χ3v) is 5.14. The first-order chi connectivity index (χ1) is 14.1. The van der Waals surface area contributed by atoms with E-state index in [1.807, 2.05) is 42.5 Å². The second-order valence-corrected chi connectivity index (χ2v) is 6.93. The van der Waals surface area contributed by atoms with E-state index in [1.165, 1.54) is 7.11 Å². The molecule has 1 aliphatic heterocycles. The van der Waals surface area contributed by atoms with Crippen LogP contribution in [0.15, 0.2) is 66.7 Å². The Bertz CT molecular complexity index is 1100. The maximum Gasteiger partial charge on any atom is 0.339 e. The number of fused-ring (bicyclic) bond motifs is 1. The van der Waals surface area contributed by atoms with Crippen LogP contribution in [0.1, 0.15) is 16.8 Å². The summed E-state index contributed by atoms with van der Waals surface area (Å²) in [5.41, 5.74) is 1.46. The second-order valence-electron chi connectivity index (χ2n) is 6.93. The van der Waals surface area contributed by atoms with Crippen molar-refractivity contribution < 1.29 is 19.1 Å². The second kappa shape index (κ2) is 7.75. The molecule has 6 nitrogen and oxygen atoms in total. The Morgan fingerprint density at radius 3 is 2.55 bits per heavy atom. The number of esters is 1. The van der Waals surface area contributed by atoms with Crippen LogP contribution in [0.4, 0.5) is 11.4 Å². The lowest BCUT2D eigenvalue weighted by molar-refractivity contribution is -0.122. The highest BCUT2D eigenvalue weighted by Gasteiger charge is 2.36. The normalized spacial score (nSPS) is 16.1. The third-order valence-electron chi connectivity index (χ3n) is 5.14. The molecule has 1 saturated heterocycles. The number of carbonyl (C=O) groups excluding carboxylic acids is 3. The molecular weight excluding hydrogens is 368 g/mol. The highest BCUT2D eigenvalue weighted by molar-refractivity contribution is 6.09. The zero-order valence-corrected chi connectivity index (χ0v) is 15.9. The van der Waals surface area contributed by atoms with Crippen LogP contribution < -0.4 is 10.2 Å². The van der Waals surface area contributed by atoms with E-state index in [1.54, 1.807) is 29.2 Å². The minimum Gasteiger partial charge on any atom is -0.465 e. The summed E-state index contributed by atoms with van der Waals surface area (Å²) in [6.45, 7) is 0.291. The Labute approximate surface area is 168 Å². The molecule has 3 aromatic carbocycles. The fourth-order valence-corrected chi connectivity index (χ4v) is 3.67. The van der Waals surface area contributed by atoms with Gasteiger partial charge in [0.1, 0.15) is 0 Å². The lowest BCUT2D eigenvalue weighted by Crippen LogP contribution is -2.28. The molecule has 0 aliphatic carbocycles. The van der Waals surface area contributed by atoms with Gasteiger partial charge in [-0.15, -0.1) is 0 Å². The van der Waals surface area contributed by atoms with Crippen molar-refractivity contribution in [2.45, 2.75) is 6.42 Å². The maximum absolute atomic E-state index is 12.8. The van der Waals surface area contributed by atoms with E-state index in [4.69, 9.17) is 4.74 Å². The molecule has 1 aliphatic rings. The van der Waals surface area contributed by atoms with Crippen molar-refractivity contribution >= 4 is 39.9 Å². The lowest BCUT2D eigenvalue weighted by atomic mass is 10.1. The van der Waals surface area contributed by atoms with Gasteiger partial charge in [0, 0.05) is 18.4 Å². The van der Waals surface area contributed by atoms with Crippen molar-refractivity contribution in [1.82, 2.24) is 0 Å². The topological polar surface area (TPSA) is 75.7 Å². The molecule has 1 fully saturated rings. The molecule has 29 heavy (non-hydrogen) atoms. The predicted molar refractivity (Wildman–Crippen MR) is 111 cm³/mol. The van der Waals surface area contributed by atoms with Gasteiger partial charge >= 0.3 is 5.97 Å². The average Bonchev–Trinajstić information content (AvgIpc) is 3.14. The van der Waals surface area contributed by atoms with Crippen LogP contribution in [0.5, 0.6) is 0 Å². The Kier molecular flexibility index (Phi) is 4.99. The molecule has 1 N–H and O–H groups in total. The summed E-state index contributed by atoms with van der Waals surface area (Å²) in [7, 11) is 1.29. The standard InChI is InChI=1S/C23H20N2O4/c1-29-23(28)18-10-4-5-11-19(18)24-22(27)16-13-21(26)25(14-16)20-12-6-8-15-7-2-3-9-17(15)20/h2-12,16H,13-14H2,1H3,(H,24,27)/t16-/m1/s1. The fourth-order valence-electron chi connectivity index (χ4n) is 3.67. The molecule has 1 heterocycles. The fraction of sp³-hybridized carbons (Fsp3) is 0.174. The van der Waals surface area contributed by atoms with Gasteiger partial charge in [0.15, 0.2) is 0 Å². The molecule has 3 aromatic rings. The van der Waals surface area contributed by atoms with Gasteiger partial charge in [-0.05, 0) is 23.6 Å². The van der Waals surface area contributed by atoms with Gasteiger partial charge in [0.25, 0.3) is 0 Å². The maximum atomic E-state index is 12.8. The number of amides is 2. The minimum absolute atomic E-state index is 0.0947. The summed E-state index contributed by atoms with van der Waals surface area (Å²) in [6.07, 6.45) is 0.120. The van der Waals surface area contributed by atoms with Gasteiger partial charge in [0.2, 0.25) is 11.8 Å². The van der Waals surface area contributed by atoms with Crippen LogP contribution in [0, 0.1) is 5.92 Å². The molecule has 6 heteroatoms. The van der Waals surface area contributed by atoms with Gasteiger partial charge < -0.3 is 15.0 Å². The summed E-state index contributed by atoms with van der Waals surface area (Å²) >= 11 is 0. The number of para-hydroxylation sites is 1. The number of benzene rings is 3. The summed E-state index contributed by atoms with van der Waals surface area (Å²) in [5.74, 6) is -1.42. The van der Waals surface area contributed by atoms with Crippen molar-refractivity contribution in [3.63, 3.8) is 0 Å². The van der Waals surface area contributed by atoms with Gasteiger partial charge in [-0.2, -0.15) is 0 Å². The summed E-state index contributed by atoms with van der Waals surface area (Å²) in [4.78, 5) is 39.1. The highest BCUT2D eigenvalue weighted by atomic mass is 16.5. The zero-order valence-electron chi connectivity index (χ0n) is 15.9. The quantitative estimate of drug-likeness (QED) is 0.693. The number of hydrogen-bond acceptors (Lipinski definition) is 4. The third kappa shape index (κ3) is 3.57. The van der Waals surface area contributed by atoms with Crippen LogP contribution in [0.25, 0.3) is 10.8 Å². The first-order valence-electron chi connectivity index (χ1n) is 9.35. The smallest absolute Gasteiger partial charge is 0.339 e. The number of methoxy groups -OCH3 is 1. The van der Waals surface area contributed by atoms with Gasteiger partial charge in [0.05, 0.1) is 30.0 Å². The number of hydrogen-bond donors (Lipinski definition) is 1. The molecule has 0 saturated carbocycles. The number of ether oxygens (including phenoxy) is 1. The monoisotopic (exact) mass is 388 g/mol. The lowest BCUT2D eigenvalue weighted by Gasteiger charge is -2.19. The molecule has 2 amide bonds. The average molecular weight is 388 g/mol. The molecule has 0 spiro atoms. The summed E-state index contributed by atoms with van der Waals surface area (Å²) < 4.78 is 4.76. The van der Waals surface area contributed by atoms with Crippen molar-refractivity contribution in [2.24, 2.45) is 5.92 Å². The molecule has 0 unspecified atom stereocenters. The van der Waals surface area contributed by atoms with E-state index in [9.17, 15) is 14.4 Å². The van der Waals surface area contributed by atoms with Gasteiger partial charge in [-0.3, -0.25) is 9.59 Å². The van der Waals surface area contributed by atoms with E-state index in [-0.39, 0.29) is 23.8 Å². The molecule has 0 bridgehead atoms. The SMILES string of the molecule is COC(=O)c1ccccc1NC(=O)[C@@H]1CC(=O)N(c2cccc3ccccc23)C1. The molecular formula is C23H20N2O4. The van der Waals surface area contributed by atoms with E-state index in [0.29, 0.717) is 12.2 Å². The van der Waals surface area contributed by atoms with Gasteiger partial charge in [-0.25, -0.2) is 4.79 Å². The predicted octanol–water partition coefficient (Wildman–Crippen LogP) is 3.62. The van der Waals surface area contributed by atoms with Crippen molar-refractivity contribution in [3.05, 3.63) is 72.3 Å². The van der Waals surface area contributed by atoms with Crippen molar-refractivity contribution in [2.75, 3.05) is 23.9 Å². The largest absolute Gasteiger partial charge is 0.465 e. The van der Waals surface area contributed by atoms with Crippen LogP contribution in [0.2, 0.25) is 0 Å². The molecule has 0 aromatic heterocycles. The van der Waals surface area contributed by atoms with E-state index in [0.717, 1.165) is 16.5 Å². The van der Waals surface area contributed by atoms with E-state index < -0.39 is 11.9 Å². The van der Waals surface area contributed by atoms with Gasteiger partial charge in [-0.1, -0.05) is 48.5 Å². The number of rotatable bonds is 4. The molecule has 0 radical (unpaired) electrons. The van der Waals surface area contributed by atoms with Crippen LogP contribution in [-0.4, -0.2) is 31.4 Å². The number of anilines is 2. The Morgan fingerprint density at radius 2 is 1.72 bits per heavy atom. The molecule has 1 atom stereocenters. The Balaban J connectivity index is 1.56. The number of nitrogens with zero attached hydrogens (tertiary/aromatic N) is 1. The summed E-state index contributed by atoms with van der Waals surface area (Å²) in [5, 5.41) is 4.79. The first-order valence-corrected chi connectivity index (χ1v) is 9.35. The van der Waals surface area contributed by atoms with Crippen LogP contribution in [0.3, 0.4) is 0 Å². The van der Waals surface area contributed by atoms with Crippen molar-refractivity contribution in [3.8, 4) is 0 Å².